The van der Waals surface area contributed by atoms with Crippen molar-refractivity contribution in [2.24, 2.45) is 0 Å². The number of ether oxygens (including phenoxy) is 2. The van der Waals surface area contributed by atoms with E-state index in [2.05, 4.69) is 36.5 Å². The molecule has 1 saturated heterocycles. The second-order valence-corrected chi connectivity index (χ2v) is 7.81. The second-order valence-electron chi connectivity index (χ2n) is 7.81. The second kappa shape index (κ2) is 9.14. The lowest BCUT2D eigenvalue weighted by Crippen LogP contribution is -2.44. The maximum absolute atomic E-state index is 13.4. The smallest absolute Gasteiger partial charge is 0.235 e. The minimum absolute atomic E-state index is 0.0209. The van der Waals surface area contributed by atoms with Crippen LogP contribution in [0.25, 0.3) is 0 Å². The molecule has 154 valence electrons. The van der Waals surface area contributed by atoms with E-state index in [9.17, 15) is 4.79 Å². The minimum Gasteiger partial charge on any atom is -0.489 e. The number of carbonyl (C=O) groups excluding carboxylic acids is 1. The van der Waals surface area contributed by atoms with Crippen molar-refractivity contribution < 1.29 is 14.3 Å². The molecule has 0 aliphatic carbocycles. The van der Waals surface area contributed by atoms with Gasteiger partial charge in [-0.3, -0.25) is 4.79 Å². The van der Waals surface area contributed by atoms with Crippen molar-refractivity contribution in [1.29, 1.82) is 0 Å². The summed E-state index contributed by atoms with van der Waals surface area (Å²) in [6.45, 7) is 3.76. The molecule has 0 saturated carbocycles. The van der Waals surface area contributed by atoms with Crippen molar-refractivity contribution in [3.63, 3.8) is 0 Å². The zero-order valence-corrected chi connectivity index (χ0v) is 17.3. The van der Waals surface area contributed by atoms with Crippen molar-refractivity contribution in [3.8, 4) is 5.75 Å². The van der Waals surface area contributed by atoms with Crippen molar-refractivity contribution in [2.75, 3.05) is 18.5 Å². The maximum Gasteiger partial charge on any atom is 0.235 e. The Morgan fingerprint density at radius 1 is 0.933 bits per heavy atom. The Morgan fingerprint density at radius 3 is 2.27 bits per heavy atom. The number of rotatable bonds is 6. The van der Waals surface area contributed by atoms with Gasteiger partial charge in [-0.2, -0.15) is 0 Å². The molecular formula is C26H27NO3. The molecule has 0 spiro atoms. The van der Waals surface area contributed by atoms with Gasteiger partial charge in [0, 0.05) is 18.9 Å². The fourth-order valence-corrected chi connectivity index (χ4v) is 3.87. The van der Waals surface area contributed by atoms with E-state index >= 15 is 0 Å². The minimum atomic E-state index is -0.561. The third-order valence-electron chi connectivity index (χ3n) is 5.75. The van der Waals surface area contributed by atoms with Gasteiger partial charge in [-0.1, -0.05) is 60.2 Å². The first-order valence-electron chi connectivity index (χ1n) is 10.4. The fourth-order valence-electron chi connectivity index (χ4n) is 3.87. The number of hydrogen-bond donors (Lipinski definition) is 1. The molecule has 4 heteroatoms. The van der Waals surface area contributed by atoms with Gasteiger partial charge in [0.2, 0.25) is 5.91 Å². The Morgan fingerprint density at radius 2 is 1.60 bits per heavy atom. The van der Waals surface area contributed by atoms with Crippen LogP contribution < -0.4 is 10.1 Å². The third-order valence-corrected chi connectivity index (χ3v) is 5.75. The van der Waals surface area contributed by atoms with Gasteiger partial charge in [-0.15, -0.1) is 0 Å². The average Bonchev–Trinajstić information content (AvgIpc) is 2.80. The van der Waals surface area contributed by atoms with Crippen LogP contribution in [0, 0.1) is 6.92 Å². The summed E-state index contributed by atoms with van der Waals surface area (Å²) in [7, 11) is 0. The Bertz CT molecular complexity index is 959. The van der Waals surface area contributed by atoms with E-state index in [0.717, 1.165) is 22.6 Å². The molecule has 1 amide bonds. The molecule has 3 aromatic carbocycles. The Hall–Kier alpha value is -3.11. The van der Waals surface area contributed by atoms with Crippen molar-refractivity contribution in [3.05, 3.63) is 95.6 Å². The number of hydrogen-bond acceptors (Lipinski definition) is 3. The zero-order chi connectivity index (χ0) is 20.8. The van der Waals surface area contributed by atoms with E-state index in [-0.39, 0.29) is 5.91 Å². The summed E-state index contributed by atoms with van der Waals surface area (Å²) in [6, 6.07) is 25.9. The SMILES string of the molecule is Cc1ccc(C2(C(=O)Nc3ccc(OCc4ccccc4)cc3)CCOCC2)cc1. The quantitative estimate of drug-likeness (QED) is 0.613. The number of anilines is 1. The van der Waals surface area contributed by atoms with E-state index in [1.807, 2.05) is 54.6 Å². The molecule has 30 heavy (non-hydrogen) atoms. The highest BCUT2D eigenvalue weighted by atomic mass is 16.5. The Kier molecular flexibility index (Phi) is 6.15. The van der Waals surface area contributed by atoms with Crippen molar-refractivity contribution >= 4 is 11.6 Å². The van der Waals surface area contributed by atoms with Crippen LogP contribution in [0.5, 0.6) is 5.75 Å². The van der Waals surface area contributed by atoms with Gasteiger partial charge in [-0.25, -0.2) is 0 Å². The molecular weight excluding hydrogens is 374 g/mol. The largest absolute Gasteiger partial charge is 0.489 e. The predicted octanol–water partition coefficient (Wildman–Crippen LogP) is 5.26. The van der Waals surface area contributed by atoms with Crippen LogP contribution in [0.3, 0.4) is 0 Å². The van der Waals surface area contributed by atoms with Crippen LogP contribution in [0.1, 0.15) is 29.5 Å². The van der Waals surface area contributed by atoms with E-state index in [4.69, 9.17) is 9.47 Å². The molecule has 0 unspecified atom stereocenters. The van der Waals surface area contributed by atoms with E-state index in [1.54, 1.807) is 0 Å². The van der Waals surface area contributed by atoms with Crippen LogP contribution >= 0.6 is 0 Å². The molecule has 1 fully saturated rings. The Balaban J connectivity index is 1.45. The predicted molar refractivity (Wildman–Crippen MR) is 119 cm³/mol. The summed E-state index contributed by atoms with van der Waals surface area (Å²) < 4.78 is 11.4. The van der Waals surface area contributed by atoms with Gasteiger partial charge >= 0.3 is 0 Å². The van der Waals surface area contributed by atoms with E-state index in [1.165, 1.54) is 5.56 Å². The monoisotopic (exact) mass is 401 g/mol. The van der Waals surface area contributed by atoms with Gasteiger partial charge in [0.1, 0.15) is 12.4 Å². The lowest BCUT2D eigenvalue weighted by Gasteiger charge is -2.36. The van der Waals surface area contributed by atoms with E-state index in [0.29, 0.717) is 32.7 Å². The molecule has 0 aromatic heterocycles. The lowest BCUT2D eigenvalue weighted by atomic mass is 9.73. The molecule has 3 aromatic rings. The van der Waals surface area contributed by atoms with Crippen molar-refractivity contribution in [2.45, 2.75) is 31.8 Å². The van der Waals surface area contributed by atoms with Gasteiger partial charge in [0.05, 0.1) is 5.41 Å². The molecule has 1 aliphatic rings. The number of carbonyl (C=O) groups is 1. The normalized spacial score (nSPS) is 15.4. The molecule has 1 heterocycles. The number of amides is 1. The first kappa shape index (κ1) is 20.2. The van der Waals surface area contributed by atoms with Gasteiger partial charge < -0.3 is 14.8 Å². The molecule has 1 aliphatic heterocycles. The highest BCUT2D eigenvalue weighted by molar-refractivity contribution is 5.99. The fraction of sp³-hybridized carbons (Fsp3) is 0.269. The molecule has 0 radical (unpaired) electrons. The molecule has 4 rings (SSSR count). The van der Waals surface area contributed by atoms with E-state index < -0.39 is 5.41 Å². The summed E-state index contributed by atoms with van der Waals surface area (Å²) in [5, 5.41) is 3.12. The summed E-state index contributed by atoms with van der Waals surface area (Å²) in [4.78, 5) is 13.4. The number of benzene rings is 3. The molecule has 0 bridgehead atoms. The molecule has 1 N–H and O–H groups in total. The summed E-state index contributed by atoms with van der Waals surface area (Å²) in [5.41, 5.74) is 3.57. The number of aryl methyl sites for hydroxylation is 1. The zero-order valence-electron chi connectivity index (χ0n) is 17.3. The van der Waals surface area contributed by atoms with Crippen LogP contribution in [-0.2, 0) is 21.6 Å². The third kappa shape index (κ3) is 4.55. The van der Waals surface area contributed by atoms with Gasteiger partial charge in [0.15, 0.2) is 0 Å². The van der Waals surface area contributed by atoms with Gasteiger partial charge in [0.25, 0.3) is 0 Å². The molecule has 0 atom stereocenters. The summed E-state index contributed by atoms with van der Waals surface area (Å²) in [6.07, 6.45) is 1.36. The topological polar surface area (TPSA) is 47.6 Å². The number of nitrogens with one attached hydrogen (secondary N) is 1. The standard InChI is InChI=1S/C26H27NO3/c1-20-7-9-22(10-8-20)26(15-17-29-18-16-26)25(28)27-23-11-13-24(14-12-23)30-19-21-5-3-2-4-6-21/h2-14H,15-19H2,1H3,(H,27,28). The van der Waals surface area contributed by atoms with Crippen LogP contribution in [0.4, 0.5) is 5.69 Å². The lowest BCUT2D eigenvalue weighted by molar-refractivity contribution is -0.125. The highest BCUT2D eigenvalue weighted by Gasteiger charge is 2.41. The summed E-state index contributed by atoms with van der Waals surface area (Å²) >= 11 is 0. The first-order chi connectivity index (χ1) is 14.7. The van der Waals surface area contributed by atoms with Crippen LogP contribution in [0.15, 0.2) is 78.9 Å². The summed E-state index contributed by atoms with van der Waals surface area (Å²) in [5.74, 6) is 0.795. The average molecular weight is 402 g/mol. The van der Waals surface area contributed by atoms with Gasteiger partial charge in [-0.05, 0) is 55.2 Å². The maximum atomic E-state index is 13.4. The Labute approximate surface area is 177 Å². The highest BCUT2D eigenvalue weighted by Crippen LogP contribution is 2.36. The molecule has 4 nitrogen and oxygen atoms in total. The van der Waals surface area contributed by atoms with Crippen LogP contribution in [-0.4, -0.2) is 19.1 Å². The van der Waals surface area contributed by atoms with Crippen molar-refractivity contribution in [1.82, 2.24) is 0 Å². The van der Waals surface area contributed by atoms with Crippen LogP contribution in [0.2, 0.25) is 0 Å². The first-order valence-corrected chi connectivity index (χ1v) is 10.4.